The van der Waals surface area contributed by atoms with Gasteiger partial charge in [-0.3, -0.25) is 0 Å². The Balaban J connectivity index is 2.05. The highest BCUT2D eigenvalue weighted by molar-refractivity contribution is 7.99. The summed E-state index contributed by atoms with van der Waals surface area (Å²) in [7, 11) is 0. The van der Waals surface area contributed by atoms with Gasteiger partial charge in [0.1, 0.15) is 5.52 Å². The molecule has 0 amide bonds. The van der Waals surface area contributed by atoms with E-state index in [1.54, 1.807) is 0 Å². The molecule has 78 valence electrons. The van der Waals surface area contributed by atoms with Gasteiger partial charge in [-0.25, -0.2) is 4.63 Å². The van der Waals surface area contributed by atoms with Gasteiger partial charge in [0, 0.05) is 24.6 Å². The van der Waals surface area contributed by atoms with Crippen molar-refractivity contribution in [1.82, 2.24) is 10.3 Å². The topological polar surface area (TPSA) is 42.2 Å². The van der Waals surface area contributed by atoms with Crippen LogP contribution in [0.5, 0.6) is 0 Å². The maximum atomic E-state index is 4.76. The Morgan fingerprint density at radius 2 is 2.07 bits per heavy atom. The van der Waals surface area contributed by atoms with Gasteiger partial charge in [-0.1, -0.05) is 6.07 Å². The van der Waals surface area contributed by atoms with Crippen molar-refractivity contribution in [2.45, 2.75) is 0 Å². The minimum atomic E-state index is 0.839. The summed E-state index contributed by atoms with van der Waals surface area (Å²) in [6.07, 6.45) is 0. The number of benzene rings is 1. The van der Waals surface area contributed by atoms with Crippen LogP contribution in [0.3, 0.4) is 0 Å². The number of anilines is 1. The summed E-state index contributed by atoms with van der Waals surface area (Å²) in [6, 6.07) is 6.01. The Morgan fingerprint density at radius 3 is 2.93 bits per heavy atom. The lowest BCUT2D eigenvalue weighted by Gasteiger charge is -2.28. The van der Waals surface area contributed by atoms with Crippen molar-refractivity contribution in [3.05, 3.63) is 18.2 Å². The molecular weight excluding hydrogens is 210 g/mol. The van der Waals surface area contributed by atoms with E-state index in [4.69, 9.17) is 4.63 Å². The van der Waals surface area contributed by atoms with Crippen molar-refractivity contribution < 1.29 is 4.63 Å². The lowest BCUT2D eigenvalue weighted by Crippen LogP contribution is -2.32. The summed E-state index contributed by atoms with van der Waals surface area (Å²) >= 11 is 2.00. The van der Waals surface area contributed by atoms with E-state index < -0.39 is 0 Å². The summed E-state index contributed by atoms with van der Waals surface area (Å²) in [5, 5.41) is 7.82. The monoisotopic (exact) mass is 221 g/mol. The molecule has 1 saturated heterocycles. The maximum absolute atomic E-state index is 4.76. The molecule has 4 nitrogen and oxygen atoms in total. The standard InChI is InChI=1S/C10H11N3OS/c1-2-8-10(12-14-11-8)9(3-1)13-4-6-15-7-5-13/h1-3H,4-7H2. The van der Waals surface area contributed by atoms with Crippen LogP contribution >= 0.6 is 11.8 Å². The van der Waals surface area contributed by atoms with E-state index in [1.807, 2.05) is 23.9 Å². The van der Waals surface area contributed by atoms with Gasteiger partial charge >= 0.3 is 0 Å². The Kier molecular flexibility index (Phi) is 2.25. The fourth-order valence-electron chi connectivity index (χ4n) is 1.85. The van der Waals surface area contributed by atoms with Crippen molar-refractivity contribution >= 4 is 28.5 Å². The number of aromatic nitrogens is 2. The van der Waals surface area contributed by atoms with Gasteiger partial charge in [0.25, 0.3) is 0 Å². The third-order valence-electron chi connectivity index (χ3n) is 2.62. The van der Waals surface area contributed by atoms with Crippen LogP contribution in [-0.2, 0) is 0 Å². The number of hydrogen-bond acceptors (Lipinski definition) is 5. The molecule has 0 unspecified atom stereocenters. The van der Waals surface area contributed by atoms with E-state index in [1.165, 1.54) is 11.5 Å². The summed E-state index contributed by atoms with van der Waals surface area (Å²) < 4.78 is 4.76. The molecule has 2 heterocycles. The van der Waals surface area contributed by atoms with E-state index in [0.717, 1.165) is 29.8 Å². The largest absolute Gasteiger partial charge is 0.368 e. The van der Waals surface area contributed by atoms with Crippen LogP contribution in [0.15, 0.2) is 22.8 Å². The molecule has 1 aromatic carbocycles. The van der Waals surface area contributed by atoms with E-state index in [0.29, 0.717) is 0 Å². The van der Waals surface area contributed by atoms with Crippen molar-refractivity contribution in [3.63, 3.8) is 0 Å². The quantitative estimate of drug-likeness (QED) is 0.734. The Hall–Kier alpha value is -1.23. The van der Waals surface area contributed by atoms with Gasteiger partial charge < -0.3 is 4.90 Å². The molecule has 0 spiro atoms. The number of thioether (sulfide) groups is 1. The summed E-state index contributed by atoms with van der Waals surface area (Å²) in [5.41, 5.74) is 2.86. The Bertz CT molecular complexity index is 464. The van der Waals surface area contributed by atoms with Crippen LogP contribution in [-0.4, -0.2) is 34.9 Å². The molecule has 1 aliphatic heterocycles. The minimum absolute atomic E-state index is 0.839. The molecule has 15 heavy (non-hydrogen) atoms. The molecular formula is C10H11N3OS. The molecule has 1 fully saturated rings. The average Bonchev–Trinajstić information content (AvgIpc) is 2.78. The normalized spacial score (nSPS) is 17.2. The number of fused-ring (bicyclic) bond motifs is 1. The molecule has 0 bridgehead atoms. The van der Waals surface area contributed by atoms with Gasteiger partial charge in [-0.05, 0) is 22.4 Å². The average molecular weight is 221 g/mol. The van der Waals surface area contributed by atoms with Crippen LogP contribution in [0.2, 0.25) is 0 Å². The fourth-order valence-corrected chi connectivity index (χ4v) is 2.75. The molecule has 0 aliphatic carbocycles. The summed E-state index contributed by atoms with van der Waals surface area (Å²) in [6.45, 7) is 2.16. The van der Waals surface area contributed by atoms with Crippen molar-refractivity contribution in [1.29, 1.82) is 0 Å². The van der Waals surface area contributed by atoms with E-state index in [9.17, 15) is 0 Å². The van der Waals surface area contributed by atoms with Crippen molar-refractivity contribution in [3.8, 4) is 0 Å². The van der Waals surface area contributed by atoms with Gasteiger partial charge in [-0.2, -0.15) is 11.8 Å². The molecule has 3 rings (SSSR count). The summed E-state index contributed by atoms with van der Waals surface area (Å²) in [4.78, 5) is 2.35. The molecule has 0 saturated carbocycles. The SMILES string of the molecule is c1cc(N2CCSCC2)c2nonc2c1. The highest BCUT2D eigenvalue weighted by Gasteiger charge is 2.15. The molecule has 1 aliphatic rings. The van der Waals surface area contributed by atoms with E-state index >= 15 is 0 Å². The summed E-state index contributed by atoms with van der Waals surface area (Å²) in [5.74, 6) is 2.36. The molecule has 2 aromatic rings. The third-order valence-corrected chi connectivity index (χ3v) is 3.56. The van der Waals surface area contributed by atoms with Crippen molar-refractivity contribution in [2.24, 2.45) is 0 Å². The Morgan fingerprint density at radius 1 is 1.20 bits per heavy atom. The van der Waals surface area contributed by atoms with Gasteiger partial charge in [-0.15, -0.1) is 0 Å². The van der Waals surface area contributed by atoms with E-state index in [2.05, 4.69) is 21.3 Å². The third kappa shape index (κ3) is 1.56. The minimum Gasteiger partial charge on any atom is -0.368 e. The van der Waals surface area contributed by atoms with Crippen LogP contribution in [0, 0.1) is 0 Å². The molecule has 1 aromatic heterocycles. The van der Waals surface area contributed by atoms with Crippen LogP contribution in [0.4, 0.5) is 5.69 Å². The van der Waals surface area contributed by atoms with Crippen LogP contribution < -0.4 is 4.90 Å². The first-order valence-corrected chi connectivity index (χ1v) is 6.14. The first kappa shape index (κ1) is 9.03. The molecule has 0 radical (unpaired) electrons. The lowest BCUT2D eigenvalue weighted by atomic mass is 10.2. The first-order valence-electron chi connectivity index (χ1n) is 4.99. The second kappa shape index (κ2) is 3.73. The predicted molar refractivity (Wildman–Crippen MR) is 61.3 cm³/mol. The van der Waals surface area contributed by atoms with Crippen LogP contribution in [0.25, 0.3) is 11.0 Å². The highest BCUT2D eigenvalue weighted by atomic mass is 32.2. The predicted octanol–water partition coefficient (Wildman–Crippen LogP) is 1.78. The maximum Gasteiger partial charge on any atom is 0.158 e. The van der Waals surface area contributed by atoms with Gasteiger partial charge in [0.2, 0.25) is 0 Å². The zero-order valence-electron chi connectivity index (χ0n) is 8.22. The zero-order valence-corrected chi connectivity index (χ0v) is 9.04. The number of hydrogen-bond donors (Lipinski definition) is 0. The number of rotatable bonds is 1. The second-order valence-corrected chi connectivity index (χ2v) is 4.73. The van der Waals surface area contributed by atoms with Crippen LogP contribution in [0.1, 0.15) is 0 Å². The Labute approximate surface area is 91.6 Å². The first-order chi connectivity index (χ1) is 7.45. The highest BCUT2D eigenvalue weighted by Crippen LogP contribution is 2.26. The molecule has 5 heteroatoms. The molecule has 0 atom stereocenters. The number of nitrogens with zero attached hydrogens (tertiary/aromatic N) is 3. The van der Waals surface area contributed by atoms with E-state index in [-0.39, 0.29) is 0 Å². The van der Waals surface area contributed by atoms with Crippen molar-refractivity contribution in [2.75, 3.05) is 29.5 Å². The zero-order chi connectivity index (χ0) is 10.1. The van der Waals surface area contributed by atoms with Gasteiger partial charge in [0.15, 0.2) is 5.52 Å². The van der Waals surface area contributed by atoms with Gasteiger partial charge in [0.05, 0.1) is 5.69 Å². The molecule has 0 N–H and O–H groups in total. The second-order valence-electron chi connectivity index (χ2n) is 3.51. The fraction of sp³-hybridized carbons (Fsp3) is 0.400. The smallest absolute Gasteiger partial charge is 0.158 e. The lowest BCUT2D eigenvalue weighted by molar-refractivity contribution is 0.315.